The maximum absolute atomic E-state index is 13.2. The Balaban J connectivity index is 1.55. The molecule has 3 atom stereocenters. The highest BCUT2D eigenvalue weighted by molar-refractivity contribution is 6.30. The highest BCUT2D eigenvalue weighted by atomic mass is 35.5. The van der Waals surface area contributed by atoms with Gasteiger partial charge in [-0.05, 0) is 91.4 Å². The van der Waals surface area contributed by atoms with Crippen LogP contribution in [0.1, 0.15) is 73.5 Å². The number of nitrogens with one attached hydrogen (secondary N) is 2. The zero-order chi connectivity index (χ0) is 27.4. The first-order chi connectivity index (χ1) is 18.1. The summed E-state index contributed by atoms with van der Waals surface area (Å²) in [7, 11) is 0. The third-order valence-electron chi connectivity index (χ3n) is 7.00. The Morgan fingerprint density at radius 1 is 1.03 bits per heavy atom. The number of carbonyl (C=O) groups excluding carboxylic acids is 2. The number of benzene rings is 3. The van der Waals surface area contributed by atoms with Gasteiger partial charge in [-0.1, -0.05) is 30.7 Å². The van der Waals surface area contributed by atoms with Crippen molar-refractivity contribution >= 4 is 46.4 Å². The monoisotopic (exact) mass is 533 g/mol. The molecule has 2 amide bonds. The van der Waals surface area contributed by atoms with Gasteiger partial charge in [0.2, 0.25) is 5.91 Å². The number of carbonyl (C=O) groups is 3. The average Bonchev–Trinajstić information content (AvgIpc) is 2.88. The summed E-state index contributed by atoms with van der Waals surface area (Å²) in [5.74, 6) is -0.998. The minimum atomic E-state index is -0.808. The second kappa shape index (κ2) is 11.7. The molecule has 0 saturated carbocycles. The van der Waals surface area contributed by atoms with Gasteiger partial charge in [0, 0.05) is 47.0 Å². The summed E-state index contributed by atoms with van der Waals surface area (Å²) in [6.45, 7) is 5.57. The summed E-state index contributed by atoms with van der Waals surface area (Å²) in [6, 6.07) is 20.2. The Labute approximate surface area is 227 Å². The molecule has 3 N–H and O–H groups in total. The molecular weight excluding hydrogens is 502 g/mol. The van der Waals surface area contributed by atoms with Crippen molar-refractivity contribution in [3.63, 3.8) is 0 Å². The van der Waals surface area contributed by atoms with Crippen LogP contribution in [0.4, 0.5) is 17.1 Å². The molecule has 1 aliphatic rings. The summed E-state index contributed by atoms with van der Waals surface area (Å²) in [5, 5.41) is 16.0. The quantitative estimate of drug-likeness (QED) is 0.294. The van der Waals surface area contributed by atoms with Gasteiger partial charge in [-0.3, -0.25) is 14.4 Å². The van der Waals surface area contributed by atoms with Crippen LogP contribution in [0.25, 0.3) is 0 Å². The lowest BCUT2D eigenvalue weighted by atomic mass is 9.90. The Hall–Kier alpha value is -3.84. The van der Waals surface area contributed by atoms with E-state index in [1.807, 2.05) is 74.5 Å². The third kappa shape index (κ3) is 6.34. The molecule has 0 saturated heterocycles. The molecule has 0 radical (unpaired) electrons. The van der Waals surface area contributed by atoms with Crippen LogP contribution in [0, 0.1) is 0 Å². The van der Waals surface area contributed by atoms with Gasteiger partial charge in [-0.25, -0.2) is 0 Å². The average molecular weight is 534 g/mol. The largest absolute Gasteiger partial charge is 0.481 e. The maximum Gasteiger partial charge on any atom is 0.303 e. The second-order valence-corrected chi connectivity index (χ2v) is 10.3. The Bertz CT molecular complexity index is 1320. The summed E-state index contributed by atoms with van der Waals surface area (Å²) in [5.41, 5.74) is 4.73. The van der Waals surface area contributed by atoms with Gasteiger partial charge in [0.25, 0.3) is 5.91 Å². The molecule has 3 unspecified atom stereocenters. The van der Waals surface area contributed by atoms with Gasteiger partial charge in [-0.2, -0.15) is 0 Å². The fourth-order valence-electron chi connectivity index (χ4n) is 4.97. The van der Waals surface area contributed by atoms with Crippen LogP contribution < -0.4 is 15.5 Å². The zero-order valence-electron chi connectivity index (χ0n) is 21.7. The predicted octanol–water partition coefficient (Wildman–Crippen LogP) is 6.86. The fourth-order valence-corrected chi connectivity index (χ4v) is 5.10. The van der Waals surface area contributed by atoms with E-state index in [-0.39, 0.29) is 36.2 Å². The fraction of sp³-hybridized carbons (Fsp3) is 0.300. The van der Waals surface area contributed by atoms with E-state index in [1.54, 1.807) is 17.9 Å². The molecule has 3 aromatic carbocycles. The zero-order valence-corrected chi connectivity index (χ0v) is 22.5. The Morgan fingerprint density at radius 3 is 2.32 bits per heavy atom. The summed E-state index contributed by atoms with van der Waals surface area (Å²) in [4.78, 5) is 38.3. The first-order valence-corrected chi connectivity index (χ1v) is 13.1. The molecule has 0 fully saturated rings. The van der Waals surface area contributed by atoms with E-state index >= 15 is 0 Å². The lowest BCUT2D eigenvalue weighted by Gasteiger charge is -2.39. The number of hydrogen-bond acceptors (Lipinski definition) is 4. The lowest BCUT2D eigenvalue weighted by Crippen LogP contribution is -2.43. The number of hydrogen-bond donors (Lipinski definition) is 3. The van der Waals surface area contributed by atoms with E-state index in [0.29, 0.717) is 29.1 Å². The first kappa shape index (κ1) is 27.2. The topological polar surface area (TPSA) is 98.7 Å². The van der Waals surface area contributed by atoms with Crippen molar-refractivity contribution in [2.24, 2.45) is 0 Å². The standard InChI is InChI=1S/C30H32ClN3O4/c1-18(4-15-29(36)37)21-5-10-25(11-6-21)33-30(38)22-7-14-28-26(17-22)27(16-19(2)34(28)20(3)35)32-24-12-8-23(31)9-13-24/h5-14,17-19,27,32H,4,15-16H2,1-3H3,(H,33,38)(H,36,37). The van der Waals surface area contributed by atoms with Crippen molar-refractivity contribution in [1.82, 2.24) is 0 Å². The molecule has 8 heteroatoms. The van der Waals surface area contributed by atoms with E-state index in [1.165, 1.54) is 0 Å². The molecule has 4 rings (SSSR count). The number of anilines is 3. The number of nitrogens with zero attached hydrogens (tertiary/aromatic N) is 1. The van der Waals surface area contributed by atoms with Crippen molar-refractivity contribution in [2.75, 3.05) is 15.5 Å². The van der Waals surface area contributed by atoms with E-state index in [2.05, 4.69) is 10.6 Å². The molecule has 0 aliphatic carbocycles. The Morgan fingerprint density at radius 2 is 1.68 bits per heavy atom. The van der Waals surface area contributed by atoms with Gasteiger partial charge < -0.3 is 20.6 Å². The van der Waals surface area contributed by atoms with Gasteiger partial charge in [0.1, 0.15) is 0 Å². The van der Waals surface area contributed by atoms with E-state index in [9.17, 15) is 14.4 Å². The van der Waals surface area contributed by atoms with Crippen LogP contribution in [0.5, 0.6) is 0 Å². The van der Waals surface area contributed by atoms with Crippen LogP contribution in [-0.2, 0) is 9.59 Å². The normalized spacial score (nSPS) is 17.3. The van der Waals surface area contributed by atoms with Crippen LogP contribution in [0.3, 0.4) is 0 Å². The predicted molar refractivity (Wildman–Crippen MR) is 151 cm³/mol. The molecule has 0 aromatic heterocycles. The molecule has 38 heavy (non-hydrogen) atoms. The van der Waals surface area contributed by atoms with Crippen molar-refractivity contribution in [3.05, 3.63) is 88.4 Å². The van der Waals surface area contributed by atoms with Crippen molar-refractivity contribution in [3.8, 4) is 0 Å². The molecule has 3 aromatic rings. The molecule has 0 spiro atoms. The highest BCUT2D eigenvalue weighted by Gasteiger charge is 2.33. The van der Waals surface area contributed by atoms with E-state index in [4.69, 9.17) is 16.7 Å². The van der Waals surface area contributed by atoms with Crippen LogP contribution in [0.15, 0.2) is 66.7 Å². The molecule has 1 aliphatic heterocycles. The summed E-state index contributed by atoms with van der Waals surface area (Å²) < 4.78 is 0. The maximum atomic E-state index is 13.2. The van der Waals surface area contributed by atoms with Gasteiger partial charge >= 0.3 is 5.97 Å². The molecule has 7 nitrogen and oxygen atoms in total. The van der Waals surface area contributed by atoms with Gasteiger partial charge in [0.15, 0.2) is 0 Å². The van der Waals surface area contributed by atoms with Crippen LogP contribution >= 0.6 is 11.6 Å². The smallest absolute Gasteiger partial charge is 0.303 e. The number of halogens is 1. The lowest BCUT2D eigenvalue weighted by molar-refractivity contribution is -0.137. The van der Waals surface area contributed by atoms with E-state index in [0.717, 1.165) is 22.5 Å². The first-order valence-electron chi connectivity index (χ1n) is 12.7. The van der Waals surface area contributed by atoms with Crippen molar-refractivity contribution in [1.29, 1.82) is 0 Å². The summed E-state index contributed by atoms with van der Waals surface area (Å²) in [6.07, 6.45) is 1.35. The van der Waals surface area contributed by atoms with Gasteiger partial charge in [0.05, 0.1) is 6.04 Å². The number of fused-ring (bicyclic) bond motifs is 1. The van der Waals surface area contributed by atoms with Crippen LogP contribution in [-0.4, -0.2) is 28.9 Å². The molecule has 0 bridgehead atoms. The highest BCUT2D eigenvalue weighted by Crippen LogP contribution is 2.40. The number of carboxylic acid groups (broad SMARTS) is 1. The molecule has 1 heterocycles. The number of carboxylic acids is 1. The molecular formula is C30H32ClN3O4. The number of aliphatic carboxylic acids is 1. The minimum Gasteiger partial charge on any atom is -0.481 e. The minimum absolute atomic E-state index is 0.0131. The van der Waals surface area contributed by atoms with E-state index < -0.39 is 5.97 Å². The van der Waals surface area contributed by atoms with Gasteiger partial charge in [-0.15, -0.1) is 0 Å². The SMILES string of the molecule is CC(=O)N1c2ccc(C(=O)Nc3ccc(C(C)CCC(=O)O)cc3)cc2C(Nc2ccc(Cl)cc2)CC1C. The van der Waals surface area contributed by atoms with Crippen molar-refractivity contribution in [2.45, 2.75) is 58.0 Å². The third-order valence-corrected chi connectivity index (χ3v) is 7.25. The number of rotatable bonds is 8. The van der Waals surface area contributed by atoms with Crippen molar-refractivity contribution < 1.29 is 19.5 Å². The molecule has 198 valence electrons. The summed E-state index contributed by atoms with van der Waals surface area (Å²) >= 11 is 6.05. The number of amides is 2. The van der Waals surface area contributed by atoms with Crippen LogP contribution in [0.2, 0.25) is 5.02 Å². The Kier molecular flexibility index (Phi) is 8.37. The second-order valence-electron chi connectivity index (χ2n) is 9.86.